The highest BCUT2D eigenvalue weighted by Crippen LogP contribution is 2.32. The molecule has 2 aliphatic rings. The average molecular weight is 354 g/mol. The molecule has 3 unspecified atom stereocenters. The molecule has 1 aliphatic heterocycles. The van der Waals surface area contributed by atoms with Crippen molar-refractivity contribution in [1.29, 1.82) is 0 Å². The van der Waals surface area contributed by atoms with Crippen molar-refractivity contribution < 1.29 is 9.53 Å². The maximum Gasteiger partial charge on any atom is 0.251 e. The third kappa shape index (κ3) is 3.67. The van der Waals surface area contributed by atoms with Gasteiger partial charge in [0.1, 0.15) is 5.75 Å². The summed E-state index contributed by atoms with van der Waals surface area (Å²) in [6.07, 6.45) is 2.30. The first-order valence-electron chi connectivity index (χ1n) is 8.67. The Morgan fingerprint density at radius 1 is 1.08 bits per heavy atom. The summed E-state index contributed by atoms with van der Waals surface area (Å²) >= 11 is 1.67. The Labute approximate surface area is 152 Å². The standard InChI is InChI=1S/C20H22N2O2S/c1-24-15-4-8-17(9-5-15)25-16-6-2-14(3-7-16)20(23)22-19-11-13-10-18(19)21-12-13/h2-9,13,18-19,21H,10-12H2,1H3,(H,22,23). The van der Waals surface area contributed by atoms with E-state index in [9.17, 15) is 4.79 Å². The minimum absolute atomic E-state index is 0.0281. The molecule has 3 atom stereocenters. The number of piperidine rings is 1. The molecule has 1 amide bonds. The van der Waals surface area contributed by atoms with Gasteiger partial charge in [0.2, 0.25) is 0 Å². The number of hydrogen-bond donors (Lipinski definition) is 2. The first kappa shape index (κ1) is 16.5. The number of ether oxygens (including phenoxy) is 1. The van der Waals surface area contributed by atoms with E-state index in [1.165, 1.54) is 6.42 Å². The molecule has 2 bridgehead atoms. The predicted octanol–water partition coefficient (Wildman–Crippen LogP) is 3.33. The van der Waals surface area contributed by atoms with Gasteiger partial charge in [-0.15, -0.1) is 0 Å². The molecule has 2 aromatic carbocycles. The van der Waals surface area contributed by atoms with Crippen LogP contribution in [0, 0.1) is 5.92 Å². The molecule has 4 rings (SSSR count). The van der Waals surface area contributed by atoms with Crippen LogP contribution in [0.3, 0.4) is 0 Å². The molecule has 1 saturated carbocycles. The highest BCUT2D eigenvalue weighted by Gasteiger charge is 2.39. The number of rotatable bonds is 5. The minimum Gasteiger partial charge on any atom is -0.497 e. The SMILES string of the molecule is COc1ccc(Sc2ccc(C(=O)NC3CC4CNC3C4)cc2)cc1. The Balaban J connectivity index is 1.36. The summed E-state index contributed by atoms with van der Waals surface area (Å²) in [6.45, 7) is 1.11. The van der Waals surface area contributed by atoms with Gasteiger partial charge in [0.05, 0.1) is 7.11 Å². The average Bonchev–Trinajstić information content (AvgIpc) is 3.26. The lowest BCUT2D eigenvalue weighted by molar-refractivity contribution is 0.0928. The Morgan fingerprint density at radius 3 is 2.32 bits per heavy atom. The molecule has 25 heavy (non-hydrogen) atoms. The Kier molecular flexibility index (Phi) is 4.68. The van der Waals surface area contributed by atoms with Crippen LogP contribution in [0.5, 0.6) is 5.75 Å². The maximum atomic E-state index is 12.5. The molecule has 1 heterocycles. The Morgan fingerprint density at radius 2 is 1.76 bits per heavy atom. The first-order chi connectivity index (χ1) is 12.2. The summed E-state index contributed by atoms with van der Waals surface area (Å²) in [5.41, 5.74) is 0.724. The third-order valence-corrected chi connectivity index (χ3v) is 6.07. The van der Waals surface area contributed by atoms with Crippen LogP contribution in [-0.2, 0) is 0 Å². The number of carbonyl (C=O) groups excluding carboxylic acids is 1. The number of hydrogen-bond acceptors (Lipinski definition) is 4. The molecule has 1 aliphatic carbocycles. The van der Waals surface area contributed by atoms with E-state index in [4.69, 9.17) is 4.74 Å². The van der Waals surface area contributed by atoms with E-state index in [1.807, 2.05) is 48.5 Å². The molecule has 0 radical (unpaired) electrons. The van der Waals surface area contributed by atoms with Crippen LogP contribution in [0.15, 0.2) is 58.3 Å². The van der Waals surface area contributed by atoms with Crippen LogP contribution >= 0.6 is 11.8 Å². The van der Waals surface area contributed by atoms with Crippen molar-refractivity contribution in [2.75, 3.05) is 13.7 Å². The fourth-order valence-electron chi connectivity index (χ4n) is 3.72. The summed E-state index contributed by atoms with van der Waals surface area (Å²) in [5, 5.41) is 6.67. The van der Waals surface area contributed by atoms with E-state index in [1.54, 1.807) is 18.9 Å². The topological polar surface area (TPSA) is 50.4 Å². The van der Waals surface area contributed by atoms with Crippen molar-refractivity contribution in [3.63, 3.8) is 0 Å². The second-order valence-corrected chi connectivity index (χ2v) is 7.88. The molecular formula is C20H22N2O2S. The molecule has 4 nitrogen and oxygen atoms in total. The smallest absolute Gasteiger partial charge is 0.251 e. The van der Waals surface area contributed by atoms with Crippen LogP contribution in [0.4, 0.5) is 0 Å². The lowest BCUT2D eigenvalue weighted by atomic mass is 10.1. The molecule has 2 N–H and O–H groups in total. The highest BCUT2D eigenvalue weighted by molar-refractivity contribution is 7.99. The quantitative estimate of drug-likeness (QED) is 0.865. The van der Waals surface area contributed by atoms with Gasteiger partial charge in [0.25, 0.3) is 5.91 Å². The number of methoxy groups -OCH3 is 1. The fourth-order valence-corrected chi connectivity index (χ4v) is 4.54. The van der Waals surface area contributed by atoms with Crippen molar-refractivity contribution >= 4 is 17.7 Å². The van der Waals surface area contributed by atoms with E-state index in [-0.39, 0.29) is 11.9 Å². The largest absolute Gasteiger partial charge is 0.497 e. The van der Waals surface area contributed by atoms with Gasteiger partial charge >= 0.3 is 0 Å². The van der Waals surface area contributed by atoms with E-state index < -0.39 is 0 Å². The molecule has 1 saturated heterocycles. The number of nitrogens with one attached hydrogen (secondary N) is 2. The van der Waals surface area contributed by atoms with Crippen LogP contribution in [0.25, 0.3) is 0 Å². The van der Waals surface area contributed by atoms with Crippen LogP contribution in [0.1, 0.15) is 23.2 Å². The molecule has 130 valence electrons. The van der Waals surface area contributed by atoms with Gasteiger partial charge in [-0.3, -0.25) is 4.79 Å². The molecule has 2 aromatic rings. The van der Waals surface area contributed by atoms with Crippen molar-refractivity contribution in [2.45, 2.75) is 34.7 Å². The van der Waals surface area contributed by atoms with E-state index in [0.717, 1.165) is 40.0 Å². The van der Waals surface area contributed by atoms with Gasteiger partial charge in [-0.1, -0.05) is 11.8 Å². The monoisotopic (exact) mass is 354 g/mol. The maximum absolute atomic E-state index is 12.5. The van der Waals surface area contributed by atoms with Crippen LogP contribution in [0.2, 0.25) is 0 Å². The van der Waals surface area contributed by atoms with Gasteiger partial charge in [0.15, 0.2) is 0 Å². The summed E-state index contributed by atoms with van der Waals surface area (Å²) < 4.78 is 5.18. The fraction of sp³-hybridized carbons (Fsp3) is 0.350. The number of fused-ring (bicyclic) bond motifs is 2. The van der Waals surface area contributed by atoms with Gasteiger partial charge in [-0.05, 0) is 73.8 Å². The lowest BCUT2D eigenvalue weighted by Crippen LogP contribution is -2.47. The summed E-state index contributed by atoms with van der Waals surface area (Å²) in [4.78, 5) is 14.7. The summed E-state index contributed by atoms with van der Waals surface area (Å²) in [7, 11) is 1.67. The van der Waals surface area contributed by atoms with E-state index in [2.05, 4.69) is 10.6 Å². The van der Waals surface area contributed by atoms with Crippen LogP contribution < -0.4 is 15.4 Å². The zero-order valence-electron chi connectivity index (χ0n) is 14.2. The Bertz CT molecular complexity index is 745. The van der Waals surface area contributed by atoms with E-state index in [0.29, 0.717) is 6.04 Å². The van der Waals surface area contributed by atoms with Gasteiger partial charge in [-0.2, -0.15) is 0 Å². The second-order valence-electron chi connectivity index (χ2n) is 6.73. The lowest BCUT2D eigenvalue weighted by Gasteiger charge is -2.24. The van der Waals surface area contributed by atoms with Gasteiger partial charge in [0, 0.05) is 27.4 Å². The predicted molar refractivity (Wildman–Crippen MR) is 99.3 cm³/mol. The molecular weight excluding hydrogens is 332 g/mol. The first-order valence-corrected chi connectivity index (χ1v) is 9.49. The zero-order valence-corrected chi connectivity index (χ0v) is 15.0. The minimum atomic E-state index is 0.0281. The second kappa shape index (κ2) is 7.10. The normalized spacial score (nSPS) is 24.3. The third-order valence-electron chi connectivity index (χ3n) is 5.06. The zero-order chi connectivity index (χ0) is 17.2. The van der Waals surface area contributed by atoms with Crippen molar-refractivity contribution in [2.24, 2.45) is 5.92 Å². The number of benzene rings is 2. The van der Waals surface area contributed by atoms with Crippen LogP contribution in [-0.4, -0.2) is 31.6 Å². The van der Waals surface area contributed by atoms with E-state index >= 15 is 0 Å². The van der Waals surface area contributed by atoms with Gasteiger partial charge < -0.3 is 15.4 Å². The molecule has 0 aromatic heterocycles. The number of amides is 1. The number of carbonyl (C=O) groups is 1. The summed E-state index contributed by atoms with van der Waals surface area (Å²) in [6, 6.07) is 16.5. The molecule has 5 heteroatoms. The van der Waals surface area contributed by atoms with Crippen molar-refractivity contribution in [1.82, 2.24) is 10.6 Å². The van der Waals surface area contributed by atoms with Crippen molar-refractivity contribution in [3.05, 3.63) is 54.1 Å². The molecule has 0 spiro atoms. The Hall–Kier alpha value is -1.98. The molecule has 2 fully saturated rings. The van der Waals surface area contributed by atoms with Gasteiger partial charge in [-0.25, -0.2) is 0 Å². The van der Waals surface area contributed by atoms with Crippen molar-refractivity contribution in [3.8, 4) is 5.75 Å². The summed E-state index contributed by atoms with van der Waals surface area (Å²) in [5.74, 6) is 1.62. The highest BCUT2D eigenvalue weighted by atomic mass is 32.2.